The highest BCUT2D eigenvalue weighted by Gasteiger charge is 2.37. The summed E-state index contributed by atoms with van der Waals surface area (Å²) >= 11 is 0. The first-order valence-corrected chi connectivity index (χ1v) is 6.08. The molecule has 1 aromatic rings. The van der Waals surface area contributed by atoms with Gasteiger partial charge in [0.05, 0.1) is 0 Å². The van der Waals surface area contributed by atoms with Gasteiger partial charge in [-0.1, -0.05) is 30.3 Å². The van der Waals surface area contributed by atoms with E-state index in [0.717, 1.165) is 13.1 Å². The first-order valence-electron chi connectivity index (χ1n) is 6.08. The van der Waals surface area contributed by atoms with E-state index in [-0.39, 0.29) is 0 Å². The molecule has 2 heteroatoms. The summed E-state index contributed by atoms with van der Waals surface area (Å²) in [5, 5.41) is 3.39. The van der Waals surface area contributed by atoms with Crippen LogP contribution in [0.3, 0.4) is 0 Å². The van der Waals surface area contributed by atoms with Crippen molar-refractivity contribution in [3.05, 3.63) is 35.9 Å². The maximum Gasteiger partial charge on any atom is 0.0239 e. The van der Waals surface area contributed by atoms with Gasteiger partial charge >= 0.3 is 0 Å². The maximum atomic E-state index is 3.39. The predicted octanol–water partition coefficient (Wildman–Crippen LogP) is 2.26. The number of likely N-dealkylation sites (N-methyl/N-ethyl adjacent to an activating group) is 1. The van der Waals surface area contributed by atoms with Gasteiger partial charge in [0.2, 0.25) is 0 Å². The molecule has 0 amide bonds. The second kappa shape index (κ2) is 4.56. The quantitative estimate of drug-likeness (QED) is 0.837. The van der Waals surface area contributed by atoms with Gasteiger partial charge < -0.3 is 5.32 Å². The molecule has 0 radical (unpaired) electrons. The number of nitrogens with one attached hydrogen (secondary N) is 1. The van der Waals surface area contributed by atoms with Crippen LogP contribution in [-0.4, -0.2) is 30.1 Å². The summed E-state index contributed by atoms with van der Waals surface area (Å²) in [5.41, 5.74) is 1.72. The van der Waals surface area contributed by atoms with E-state index in [4.69, 9.17) is 0 Å². The molecule has 0 aromatic heterocycles. The lowest BCUT2D eigenvalue weighted by molar-refractivity contribution is 0.166. The van der Waals surface area contributed by atoms with E-state index in [2.05, 4.69) is 61.4 Å². The molecule has 0 aliphatic carbocycles. The number of hydrogen-bond donors (Lipinski definition) is 1. The summed E-state index contributed by atoms with van der Waals surface area (Å²) in [7, 11) is 2.06. The third-order valence-electron chi connectivity index (χ3n) is 3.67. The Morgan fingerprint density at radius 3 is 2.56 bits per heavy atom. The van der Waals surface area contributed by atoms with Gasteiger partial charge in [0.25, 0.3) is 0 Å². The van der Waals surface area contributed by atoms with Crippen molar-refractivity contribution in [2.75, 3.05) is 13.6 Å². The highest BCUT2D eigenvalue weighted by atomic mass is 15.2. The molecule has 1 unspecified atom stereocenters. The highest BCUT2D eigenvalue weighted by Crippen LogP contribution is 2.29. The zero-order valence-corrected chi connectivity index (χ0v) is 10.5. The molecule has 1 aliphatic heterocycles. The summed E-state index contributed by atoms with van der Waals surface area (Å²) in [6, 6.07) is 11.4. The molecule has 2 nitrogen and oxygen atoms in total. The van der Waals surface area contributed by atoms with E-state index in [0.29, 0.717) is 11.6 Å². The van der Waals surface area contributed by atoms with E-state index in [1.807, 2.05) is 0 Å². The van der Waals surface area contributed by atoms with E-state index >= 15 is 0 Å². The van der Waals surface area contributed by atoms with Crippen LogP contribution in [0.15, 0.2) is 30.3 Å². The molecular weight excluding hydrogens is 196 g/mol. The summed E-state index contributed by atoms with van der Waals surface area (Å²) < 4.78 is 0. The standard InChI is InChI=1S/C14H22N2/c1-14(2)9-13(15-3)11-16(14)10-12-7-5-4-6-8-12/h4-8,13,15H,9-11H2,1-3H3. The Labute approximate surface area is 98.7 Å². The average molecular weight is 218 g/mol. The van der Waals surface area contributed by atoms with Gasteiger partial charge in [0.1, 0.15) is 0 Å². The predicted molar refractivity (Wildman–Crippen MR) is 68.4 cm³/mol. The SMILES string of the molecule is CNC1CN(Cc2ccccc2)C(C)(C)C1. The number of rotatable bonds is 3. The van der Waals surface area contributed by atoms with Gasteiger partial charge in [-0.15, -0.1) is 0 Å². The molecule has 1 aromatic carbocycles. The van der Waals surface area contributed by atoms with Crippen LogP contribution in [0.25, 0.3) is 0 Å². The molecule has 1 saturated heterocycles. The number of benzene rings is 1. The Morgan fingerprint density at radius 1 is 1.31 bits per heavy atom. The maximum absolute atomic E-state index is 3.39. The van der Waals surface area contributed by atoms with Gasteiger partial charge in [0, 0.05) is 24.7 Å². The topological polar surface area (TPSA) is 15.3 Å². The zero-order valence-electron chi connectivity index (χ0n) is 10.5. The number of likely N-dealkylation sites (tertiary alicyclic amines) is 1. The van der Waals surface area contributed by atoms with Crippen LogP contribution in [0.1, 0.15) is 25.8 Å². The van der Waals surface area contributed by atoms with E-state index in [1.165, 1.54) is 12.0 Å². The van der Waals surface area contributed by atoms with Crippen LogP contribution in [0.5, 0.6) is 0 Å². The normalized spacial score (nSPS) is 24.8. The Balaban J connectivity index is 2.05. The molecule has 0 saturated carbocycles. The molecule has 0 spiro atoms. The molecular formula is C14H22N2. The fourth-order valence-corrected chi connectivity index (χ4v) is 2.59. The average Bonchev–Trinajstić information content (AvgIpc) is 2.55. The molecule has 0 bridgehead atoms. The van der Waals surface area contributed by atoms with E-state index in [9.17, 15) is 0 Å². The van der Waals surface area contributed by atoms with Crippen molar-refractivity contribution in [3.8, 4) is 0 Å². The van der Waals surface area contributed by atoms with Crippen LogP contribution in [0.4, 0.5) is 0 Å². The monoisotopic (exact) mass is 218 g/mol. The van der Waals surface area contributed by atoms with Crippen LogP contribution >= 0.6 is 0 Å². The summed E-state index contributed by atoms with van der Waals surface area (Å²) in [5.74, 6) is 0. The molecule has 16 heavy (non-hydrogen) atoms. The van der Waals surface area contributed by atoms with Crippen molar-refractivity contribution in [1.82, 2.24) is 10.2 Å². The second-order valence-electron chi connectivity index (χ2n) is 5.37. The number of hydrogen-bond acceptors (Lipinski definition) is 2. The van der Waals surface area contributed by atoms with Crippen molar-refractivity contribution in [2.24, 2.45) is 0 Å². The third-order valence-corrected chi connectivity index (χ3v) is 3.67. The van der Waals surface area contributed by atoms with Crippen molar-refractivity contribution < 1.29 is 0 Å². The molecule has 1 aliphatic rings. The molecule has 1 atom stereocenters. The van der Waals surface area contributed by atoms with Crippen LogP contribution in [0, 0.1) is 0 Å². The fraction of sp³-hybridized carbons (Fsp3) is 0.571. The van der Waals surface area contributed by atoms with Crippen molar-refractivity contribution in [3.63, 3.8) is 0 Å². The van der Waals surface area contributed by atoms with Gasteiger partial charge in [0.15, 0.2) is 0 Å². The second-order valence-corrected chi connectivity index (χ2v) is 5.37. The summed E-state index contributed by atoms with van der Waals surface area (Å²) in [6.45, 7) is 6.89. The smallest absolute Gasteiger partial charge is 0.0239 e. The van der Waals surface area contributed by atoms with E-state index in [1.54, 1.807) is 0 Å². The Hall–Kier alpha value is -0.860. The molecule has 2 rings (SSSR count). The summed E-state index contributed by atoms with van der Waals surface area (Å²) in [6.07, 6.45) is 1.23. The van der Waals surface area contributed by atoms with Crippen LogP contribution in [-0.2, 0) is 6.54 Å². The Bertz CT molecular complexity index is 332. The lowest BCUT2D eigenvalue weighted by Crippen LogP contribution is -2.37. The molecule has 1 N–H and O–H groups in total. The van der Waals surface area contributed by atoms with Crippen molar-refractivity contribution in [2.45, 2.75) is 38.4 Å². The highest BCUT2D eigenvalue weighted by molar-refractivity contribution is 5.15. The fourth-order valence-electron chi connectivity index (χ4n) is 2.59. The first kappa shape index (κ1) is 11.6. The first-order chi connectivity index (χ1) is 7.62. The van der Waals surface area contributed by atoms with Gasteiger partial charge in [-0.25, -0.2) is 0 Å². The minimum atomic E-state index is 0.309. The van der Waals surface area contributed by atoms with Gasteiger partial charge in [-0.3, -0.25) is 4.90 Å². The van der Waals surface area contributed by atoms with E-state index < -0.39 is 0 Å². The Kier molecular flexibility index (Phi) is 3.31. The summed E-state index contributed by atoms with van der Waals surface area (Å²) in [4.78, 5) is 2.57. The third kappa shape index (κ3) is 2.45. The molecule has 1 heterocycles. The lowest BCUT2D eigenvalue weighted by Gasteiger charge is -2.31. The minimum absolute atomic E-state index is 0.309. The van der Waals surface area contributed by atoms with Crippen molar-refractivity contribution >= 4 is 0 Å². The van der Waals surface area contributed by atoms with Crippen LogP contribution in [0.2, 0.25) is 0 Å². The molecule has 88 valence electrons. The van der Waals surface area contributed by atoms with Crippen LogP contribution < -0.4 is 5.32 Å². The van der Waals surface area contributed by atoms with Gasteiger partial charge in [-0.05, 0) is 32.9 Å². The molecule has 1 fully saturated rings. The number of nitrogens with zero attached hydrogens (tertiary/aromatic N) is 1. The largest absolute Gasteiger partial charge is 0.316 e. The Morgan fingerprint density at radius 2 is 2.00 bits per heavy atom. The van der Waals surface area contributed by atoms with Gasteiger partial charge in [-0.2, -0.15) is 0 Å². The lowest BCUT2D eigenvalue weighted by atomic mass is 10.00. The zero-order chi connectivity index (χ0) is 11.6. The minimum Gasteiger partial charge on any atom is -0.316 e. The van der Waals surface area contributed by atoms with Crippen molar-refractivity contribution in [1.29, 1.82) is 0 Å².